The van der Waals surface area contributed by atoms with E-state index in [1.165, 1.54) is 10.3 Å². The number of fused-ring (bicyclic) bond motifs is 2. The first-order valence-electron chi connectivity index (χ1n) is 11.6. The van der Waals surface area contributed by atoms with Gasteiger partial charge in [-0.3, -0.25) is 0 Å². The molecule has 5 aromatic rings. The van der Waals surface area contributed by atoms with E-state index in [2.05, 4.69) is 15.0 Å². The van der Waals surface area contributed by atoms with Crippen LogP contribution in [0.5, 0.6) is 0 Å². The molecule has 2 aromatic carbocycles. The summed E-state index contributed by atoms with van der Waals surface area (Å²) >= 11 is 0. The maximum absolute atomic E-state index is 14.4. The minimum absolute atomic E-state index is 0.252. The third-order valence-corrected chi connectivity index (χ3v) is 9.13. The number of nitrogens with two attached hydrogens (primary N) is 1. The van der Waals surface area contributed by atoms with Gasteiger partial charge in [-0.25, -0.2) is 27.3 Å². The first-order chi connectivity index (χ1) is 17.4. The zero-order chi connectivity index (χ0) is 24.9. The lowest BCUT2D eigenvalue weighted by molar-refractivity contribution is 0.553. The maximum atomic E-state index is 14.4. The Labute approximate surface area is 208 Å². The van der Waals surface area contributed by atoms with Gasteiger partial charge in [0.2, 0.25) is 10.0 Å². The number of allylic oxidation sites excluding steroid dienone is 3. The van der Waals surface area contributed by atoms with Crippen LogP contribution in [0.15, 0.2) is 91.5 Å². The van der Waals surface area contributed by atoms with Gasteiger partial charge in [0.25, 0.3) is 0 Å². The molecular weight excluding hydrogens is 472 g/mol. The summed E-state index contributed by atoms with van der Waals surface area (Å²) in [5.74, 6) is 0.284. The smallest absolute Gasteiger partial charge is 0.248 e. The SMILES string of the molecule is CC1(S(=O)(=O)n2c(Cn3cnc4c(N)ncnc43)cc3ccccc32)C=CC=C(c2ccccc2)C1. The first-order valence-corrected chi connectivity index (χ1v) is 13.0. The van der Waals surface area contributed by atoms with Gasteiger partial charge < -0.3 is 10.3 Å². The lowest BCUT2D eigenvalue weighted by Gasteiger charge is -2.31. The average molecular weight is 497 g/mol. The number of anilines is 1. The quantitative estimate of drug-likeness (QED) is 0.387. The molecule has 1 aliphatic rings. The van der Waals surface area contributed by atoms with Crippen LogP contribution < -0.4 is 5.73 Å². The minimum atomic E-state index is -3.88. The Morgan fingerprint density at radius 3 is 2.64 bits per heavy atom. The number of hydrogen-bond acceptors (Lipinski definition) is 6. The van der Waals surface area contributed by atoms with Gasteiger partial charge in [-0.2, -0.15) is 0 Å². The van der Waals surface area contributed by atoms with Gasteiger partial charge >= 0.3 is 0 Å². The van der Waals surface area contributed by atoms with Crippen molar-refractivity contribution < 1.29 is 8.42 Å². The van der Waals surface area contributed by atoms with Crippen molar-refractivity contribution in [2.24, 2.45) is 0 Å². The van der Waals surface area contributed by atoms with Gasteiger partial charge in [0.1, 0.15) is 16.6 Å². The molecule has 6 rings (SSSR count). The molecule has 8 nitrogen and oxygen atoms in total. The van der Waals surface area contributed by atoms with Crippen LogP contribution in [0.4, 0.5) is 5.82 Å². The second-order valence-corrected chi connectivity index (χ2v) is 11.4. The monoisotopic (exact) mass is 496 g/mol. The lowest BCUT2D eigenvalue weighted by atomic mass is 9.90. The standard InChI is InChI=1S/C27H24N6O2S/c1-27(13-7-11-21(15-27)19-8-3-2-4-9-19)36(34,35)33-22(14-20-10-5-6-12-23(20)33)16-32-18-31-24-25(28)29-17-30-26(24)32/h2-14,17-18H,15-16H2,1H3,(H2,28,29,30). The number of rotatable bonds is 5. The van der Waals surface area contributed by atoms with E-state index in [-0.39, 0.29) is 12.4 Å². The molecule has 9 heteroatoms. The molecule has 0 saturated heterocycles. The van der Waals surface area contributed by atoms with E-state index in [1.807, 2.05) is 72.8 Å². The summed E-state index contributed by atoms with van der Waals surface area (Å²) in [6.07, 6.45) is 8.98. The summed E-state index contributed by atoms with van der Waals surface area (Å²) in [5, 5.41) is 0.844. The molecule has 0 aliphatic heterocycles. The molecule has 0 amide bonds. The fraction of sp³-hybridized carbons (Fsp3) is 0.148. The van der Waals surface area contributed by atoms with Crippen molar-refractivity contribution in [1.29, 1.82) is 0 Å². The summed E-state index contributed by atoms with van der Waals surface area (Å²) in [5.41, 5.74) is 10.2. The highest BCUT2D eigenvalue weighted by atomic mass is 32.2. The van der Waals surface area contributed by atoms with Gasteiger partial charge in [0.15, 0.2) is 11.5 Å². The first kappa shape index (κ1) is 22.2. The molecule has 0 saturated carbocycles. The molecule has 1 aliphatic carbocycles. The molecule has 3 aromatic heterocycles. The molecule has 0 spiro atoms. The van der Waals surface area contributed by atoms with Crippen LogP contribution in [0.3, 0.4) is 0 Å². The van der Waals surface area contributed by atoms with Crippen LogP contribution in [0.2, 0.25) is 0 Å². The van der Waals surface area contributed by atoms with Crippen molar-refractivity contribution in [3.8, 4) is 0 Å². The molecule has 180 valence electrons. The minimum Gasteiger partial charge on any atom is -0.382 e. The second-order valence-electron chi connectivity index (χ2n) is 9.17. The van der Waals surface area contributed by atoms with Crippen LogP contribution in [-0.2, 0) is 16.6 Å². The number of nitrogens with zero attached hydrogens (tertiary/aromatic N) is 5. The third kappa shape index (κ3) is 3.43. The number of nitrogen functional groups attached to an aromatic ring is 1. The number of benzene rings is 2. The van der Waals surface area contributed by atoms with Gasteiger partial charge in [-0.15, -0.1) is 0 Å². The zero-order valence-corrected chi connectivity index (χ0v) is 20.4. The number of para-hydroxylation sites is 1. The van der Waals surface area contributed by atoms with Crippen molar-refractivity contribution in [3.05, 3.63) is 103 Å². The Bertz CT molecular complexity index is 1780. The highest BCUT2D eigenvalue weighted by Crippen LogP contribution is 2.38. The topological polar surface area (TPSA) is 109 Å². The molecule has 1 atom stereocenters. The Hall–Kier alpha value is -4.24. The zero-order valence-electron chi connectivity index (χ0n) is 19.6. The van der Waals surface area contributed by atoms with Crippen LogP contribution in [0.25, 0.3) is 27.6 Å². The Morgan fingerprint density at radius 1 is 1.03 bits per heavy atom. The van der Waals surface area contributed by atoms with E-state index in [0.717, 1.165) is 16.5 Å². The molecule has 0 bridgehead atoms. The molecule has 0 radical (unpaired) electrons. The summed E-state index contributed by atoms with van der Waals surface area (Å²) in [6, 6.07) is 19.3. The Balaban J connectivity index is 1.48. The Kier molecular flexibility index (Phi) is 5.04. The van der Waals surface area contributed by atoms with Crippen molar-refractivity contribution in [2.45, 2.75) is 24.6 Å². The van der Waals surface area contributed by atoms with Crippen LogP contribution >= 0.6 is 0 Å². The van der Waals surface area contributed by atoms with Gasteiger partial charge in [0.05, 0.1) is 24.1 Å². The summed E-state index contributed by atoms with van der Waals surface area (Å²) in [6.45, 7) is 2.04. The number of hydrogen-bond donors (Lipinski definition) is 1. The molecule has 2 N–H and O–H groups in total. The van der Waals surface area contributed by atoms with E-state index in [1.54, 1.807) is 23.9 Å². The third-order valence-electron chi connectivity index (χ3n) is 6.76. The maximum Gasteiger partial charge on any atom is 0.248 e. The van der Waals surface area contributed by atoms with E-state index in [9.17, 15) is 8.42 Å². The Morgan fingerprint density at radius 2 is 1.81 bits per heavy atom. The fourth-order valence-electron chi connectivity index (χ4n) is 4.87. The normalized spacial score (nSPS) is 18.1. The highest BCUT2D eigenvalue weighted by Gasteiger charge is 2.41. The molecular formula is C27H24N6O2S. The van der Waals surface area contributed by atoms with Crippen molar-refractivity contribution in [1.82, 2.24) is 23.5 Å². The summed E-state index contributed by atoms with van der Waals surface area (Å²) in [7, 11) is -3.88. The van der Waals surface area contributed by atoms with E-state index < -0.39 is 14.8 Å². The van der Waals surface area contributed by atoms with Gasteiger partial charge in [-0.05, 0) is 36.6 Å². The molecule has 36 heavy (non-hydrogen) atoms. The molecule has 3 heterocycles. The van der Waals surface area contributed by atoms with Crippen LogP contribution in [0, 0.1) is 0 Å². The number of aromatic nitrogens is 5. The average Bonchev–Trinajstić information content (AvgIpc) is 3.47. The van der Waals surface area contributed by atoms with E-state index in [0.29, 0.717) is 28.8 Å². The summed E-state index contributed by atoms with van der Waals surface area (Å²) < 4.78 is 31.0. The second kappa shape index (κ2) is 8.17. The predicted octanol–water partition coefficient (Wildman–Crippen LogP) is 4.39. The fourth-order valence-corrected chi connectivity index (χ4v) is 6.72. The highest BCUT2D eigenvalue weighted by molar-refractivity contribution is 7.91. The van der Waals surface area contributed by atoms with Crippen molar-refractivity contribution in [2.75, 3.05) is 5.73 Å². The van der Waals surface area contributed by atoms with E-state index >= 15 is 0 Å². The van der Waals surface area contributed by atoms with Crippen molar-refractivity contribution in [3.63, 3.8) is 0 Å². The predicted molar refractivity (Wildman–Crippen MR) is 142 cm³/mol. The van der Waals surface area contributed by atoms with Crippen LogP contribution in [-0.4, -0.2) is 36.7 Å². The summed E-state index contributed by atoms with van der Waals surface area (Å²) in [4.78, 5) is 12.7. The van der Waals surface area contributed by atoms with Gasteiger partial charge in [0, 0.05) is 5.39 Å². The van der Waals surface area contributed by atoms with Gasteiger partial charge in [-0.1, -0.05) is 66.8 Å². The van der Waals surface area contributed by atoms with Crippen molar-refractivity contribution >= 4 is 43.5 Å². The molecule has 0 fully saturated rings. The lowest BCUT2D eigenvalue weighted by Crippen LogP contribution is -2.39. The largest absolute Gasteiger partial charge is 0.382 e. The molecule has 1 unspecified atom stereocenters. The van der Waals surface area contributed by atoms with Crippen LogP contribution in [0.1, 0.15) is 24.6 Å². The van der Waals surface area contributed by atoms with E-state index in [4.69, 9.17) is 5.73 Å². The number of imidazole rings is 1.